The van der Waals surface area contributed by atoms with Gasteiger partial charge in [-0.05, 0) is 17.5 Å². The Balaban J connectivity index is 2.73. The molecule has 7 heteroatoms. The van der Waals surface area contributed by atoms with Crippen LogP contribution in [0.4, 0.5) is 13.2 Å². The molecule has 0 aliphatic carbocycles. The standard InChI is InChI=1S/C15H19ClF3NO2/c1-14(2,3)9-20(10-15(17,18)19)13(21)8-22-12-7-5-4-6-11(12)16/h4-7H,8-10H2,1-3H3. The second kappa shape index (κ2) is 7.22. The van der Waals surface area contributed by atoms with Gasteiger partial charge < -0.3 is 9.64 Å². The predicted molar refractivity (Wildman–Crippen MR) is 79.0 cm³/mol. The van der Waals surface area contributed by atoms with Gasteiger partial charge in [0, 0.05) is 6.54 Å². The highest BCUT2D eigenvalue weighted by molar-refractivity contribution is 6.32. The Bertz CT molecular complexity index is 496. The zero-order chi connectivity index (χ0) is 17.0. The fourth-order valence-electron chi connectivity index (χ4n) is 1.81. The Morgan fingerprint density at radius 1 is 1.18 bits per heavy atom. The van der Waals surface area contributed by atoms with Crippen LogP contribution in [0, 0.1) is 5.41 Å². The molecule has 0 heterocycles. The monoisotopic (exact) mass is 337 g/mol. The first-order valence-corrected chi connectivity index (χ1v) is 7.07. The van der Waals surface area contributed by atoms with E-state index in [2.05, 4.69) is 0 Å². The zero-order valence-electron chi connectivity index (χ0n) is 12.7. The van der Waals surface area contributed by atoms with E-state index in [1.54, 1.807) is 45.0 Å². The van der Waals surface area contributed by atoms with E-state index in [0.29, 0.717) is 5.02 Å². The molecular weight excluding hydrogens is 319 g/mol. The van der Waals surface area contributed by atoms with Crippen LogP contribution < -0.4 is 4.74 Å². The summed E-state index contributed by atoms with van der Waals surface area (Å²) in [5.74, 6) is -0.465. The molecule has 0 N–H and O–H groups in total. The number of rotatable bonds is 5. The number of hydrogen-bond acceptors (Lipinski definition) is 2. The van der Waals surface area contributed by atoms with Crippen molar-refractivity contribution in [3.05, 3.63) is 29.3 Å². The summed E-state index contributed by atoms with van der Waals surface area (Å²) in [6.07, 6.45) is -4.45. The van der Waals surface area contributed by atoms with Crippen LogP contribution in [0.25, 0.3) is 0 Å². The third-order valence-corrected chi connectivity index (χ3v) is 2.89. The number of para-hydroxylation sites is 1. The Morgan fingerprint density at radius 2 is 1.77 bits per heavy atom. The summed E-state index contributed by atoms with van der Waals surface area (Å²) >= 11 is 5.87. The van der Waals surface area contributed by atoms with Gasteiger partial charge in [0.2, 0.25) is 0 Å². The van der Waals surface area contributed by atoms with Gasteiger partial charge >= 0.3 is 6.18 Å². The lowest BCUT2D eigenvalue weighted by molar-refractivity contribution is -0.164. The Kier molecular flexibility index (Phi) is 6.11. The first kappa shape index (κ1) is 18.6. The van der Waals surface area contributed by atoms with Crippen molar-refractivity contribution in [2.45, 2.75) is 26.9 Å². The van der Waals surface area contributed by atoms with E-state index >= 15 is 0 Å². The van der Waals surface area contributed by atoms with Gasteiger partial charge in [-0.3, -0.25) is 4.79 Å². The van der Waals surface area contributed by atoms with E-state index in [4.69, 9.17) is 16.3 Å². The number of alkyl halides is 3. The first-order valence-electron chi connectivity index (χ1n) is 6.70. The number of nitrogens with zero attached hydrogens (tertiary/aromatic N) is 1. The molecule has 0 bridgehead atoms. The maximum absolute atomic E-state index is 12.6. The van der Waals surface area contributed by atoms with Crippen molar-refractivity contribution in [3.63, 3.8) is 0 Å². The minimum atomic E-state index is -4.45. The van der Waals surface area contributed by atoms with Gasteiger partial charge in [0.25, 0.3) is 5.91 Å². The second-order valence-electron chi connectivity index (χ2n) is 6.14. The SMILES string of the molecule is CC(C)(C)CN(CC(F)(F)F)C(=O)COc1ccccc1Cl. The van der Waals surface area contributed by atoms with Crippen molar-refractivity contribution >= 4 is 17.5 Å². The van der Waals surface area contributed by atoms with E-state index in [1.807, 2.05) is 0 Å². The van der Waals surface area contributed by atoms with Gasteiger partial charge in [-0.2, -0.15) is 13.2 Å². The summed E-state index contributed by atoms with van der Waals surface area (Å²) in [6.45, 7) is 3.48. The number of amides is 1. The lowest BCUT2D eigenvalue weighted by Crippen LogP contribution is -2.45. The summed E-state index contributed by atoms with van der Waals surface area (Å²) < 4.78 is 43.1. The van der Waals surface area contributed by atoms with Crippen LogP contribution in [0.3, 0.4) is 0 Å². The minimum Gasteiger partial charge on any atom is -0.482 e. The normalized spacial score (nSPS) is 12.1. The average Bonchev–Trinajstić information content (AvgIpc) is 2.33. The molecule has 3 nitrogen and oxygen atoms in total. The molecule has 1 aromatic rings. The number of carbonyl (C=O) groups is 1. The van der Waals surface area contributed by atoms with Crippen LogP contribution in [-0.4, -0.2) is 36.7 Å². The van der Waals surface area contributed by atoms with E-state index < -0.39 is 30.7 Å². The predicted octanol–water partition coefficient (Wildman–Crippen LogP) is 4.16. The Labute approximate surface area is 133 Å². The van der Waals surface area contributed by atoms with Crippen molar-refractivity contribution in [1.29, 1.82) is 0 Å². The first-order chi connectivity index (χ1) is 9.98. The topological polar surface area (TPSA) is 29.5 Å². The molecule has 1 rings (SSSR count). The number of halogens is 4. The van der Waals surface area contributed by atoms with Crippen LogP contribution in [0.5, 0.6) is 5.75 Å². The lowest BCUT2D eigenvalue weighted by Gasteiger charge is -2.30. The highest BCUT2D eigenvalue weighted by Gasteiger charge is 2.34. The number of ether oxygens (including phenoxy) is 1. The molecule has 0 fully saturated rings. The molecule has 0 atom stereocenters. The average molecular weight is 338 g/mol. The van der Waals surface area contributed by atoms with Gasteiger partial charge in [-0.15, -0.1) is 0 Å². The highest BCUT2D eigenvalue weighted by Crippen LogP contribution is 2.24. The molecule has 1 aromatic carbocycles. The van der Waals surface area contributed by atoms with Crippen molar-refractivity contribution in [3.8, 4) is 5.75 Å². The van der Waals surface area contributed by atoms with Crippen molar-refractivity contribution in [2.75, 3.05) is 19.7 Å². The molecule has 22 heavy (non-hydrogen) atoms. The Hall–Kier alpha value is -1.43. The molecule has 0 spiro atoms. The van der Waals surface area contributed by atoms with Crippen LogP contribution in [0.15, 0.2) is 24.3 Å². The maximum Gasteiger partial charge on any atom is 0.406 e. The lowest BCUT2D eigenvalue weighted by atomic mass is 9.96. The van der Waals surface area contributed by atoms with Crippen molar-refractivity contribution in [1.82, 2.24) is 4.90 Å². The summed E-state index contributed by atoms with van der Waals surface area (Å²) in [7, 11) is 0. The minimum absolute atomic E-state index is 0.0166. The van der Waals surface area contributed by atoms with E-state index in [9.17, 15) is 18.0 Å². The summed E-state index contributed by atoms with van der Waals surface area (Å²) in [4.78, 5) is 12.8. The molecular formula is C15H19ClF3NO2. The fraction of sp³-hybridized carbons (Fsp3) is 0.533. The van der Waals surface area contributed by atoms with E-state index in [-0.39, 0.29) is 12.3 Å². The molecule has 0 aliphatic heterocycles. The number of hydrogen-bond donors (Lipinski definition) is 0. The second-order valence-corrected chi connectivity index (χ2v) is 6.55. The molecule has 124 valence electrons. The fourth-order valence-corrected chi connectivity index (χ4v) is 2.00. The maximum atomic E-state index is 12.6. The molecule has 0 aliphatic rings. The van der Waals surface area contributed by atoms with Gasteiger partial charge in [-0.1, -0.05) is 44.5 Å². The molecule has 0 radical (unpaired) electrons. The van der Waals surface area contributed by atoms with Crippen LogP contribution in [-0.2, 0) is 4.79 Å². The third kappa shape index (κ3) is 7.02. The van der Waals surface area contributed by atoms with Crippen molar-refractivity contribution < 1.29 is 22.7 Å². The van der Waals surface area contributed by atoms with Crippen LogP contribution >= 0.6 is 11.6 Å². The summed E-state index contributed by atoms with van der Waals surface area (Å²) in [6, 6.07) is 6.47. The van der Waals surface area contributed by atoms with Gasteiger partial charge in [-0.25, -0.2) is 0 Å². The smallest absolute Gasteiger partial charge is 0.406 e. The van der Waals surface area contributed by atoms with E-state index in [0.717, 1.165) is 4.90 Å². The largest absolute Gasteiger partial charge is 0.482 e. The zero-order valence-corrected chi connectivity index (χ0v) is 13.5. The third-order valence-electron chi connectivity index (χ3n) is 2.58. The molecule has 0 saturated carbocycles. The van der Waals surface area contributed by atoms with Crippen LogP contribution in [0.1, 0.15) is 20.8 Å². The van der Waals surface area contributed by atoms with Gasteiger partial charge in [0.05, 0.1) is 5.02 Å². The van der Waals surface area contributed by atoms with E-state index in [1.165, 1.54) is 0 Å². The summed E-state index contributed by atoms with van der Waals surface area (Å²) in [5, 5.41) is 0.300. The summed E-state index contributed by atoms with van der Waals surface area (Å²) in [5.41, 5.74) is -0.453. The van der Waals surface area contributed by atoms with Crippen molar-refractivity contribution in [2.24, 2.45) is 5.41 Å². The van der Waals surface area contributed by atoms with Gasteiger partial charge in [0.15, 0.2) is 6.61 Å². The molecule has 1 amide bonds. The van der Waals surface area contributed by atoms with Crippen LogP contribution in [0.2, 0.25) is 5.02 Å². The Morgan fingerprint density at radius 3 is 2.27 bits per heavy atom. The molecule has 0 unspecified atom stereocenters. The number of benzene rings is 1. The molecule has 0 saturated heterocycles. The number of carbonyl (C=O) groups excluding carboxylic acids is 1. The van der Waals surface area contributed by atoms with Gasteiger partial charge in [0.1, 0.15) is 12.3 Å². The highest BCUT2D eigenvalue weighted by atomic mass is 35.5. The molecule has 0 aromatic heterocycles. The quantitative estimate of drug-likeness (QED) is 0.807.